The van der Waals surface area contributed by atoms with Gasteiger partial charge in [-0.1, -0.05) is 12.1 Å². The molecule has 1 aromatic heterocycles. The topological polar surface area (TPSA) is 88.4 Å². The normalized spacial score (nSPS) is 13.6. The molecule has 1 heterocycles. The third kappa shape index (κ3) is 3.94. The minimum absolute atomic E-state index is 0.181. The monoisotopic (exact) mass is 396 g/mol. The minimum Gasteiger partial charge on any atom is -0.459 e. The van der Waals surface area contributed by atoms with Gasteiger partial charge in [0.25, 0.3) is 15.9 Å². The van der Waals surface area contributed by atoms with Crippen LogP contribution in [0.4, 0.5) is 11.4 Å². The maximum absolute atomic E-state index is 12.8. The molecule has 0 saturated carbocycles. The fourth-order valence-corrected chi connectivity index (χ4v) is 4.45. The second kappa shape index (κ2) is 7.52. The highest BCUT2D eigenvalue weighted by Crippen LogP contribution is 2.26. The molecule has 0 atom stereocenters. The number of sulfonamides is 1. The van der Waals surface area contributed by atoms with E-state index in [2.05, 4.69) is 10.0 Å². The molecule has 0 spiro atoms. The Hall–Kier alpha value is -3.06. The molecular weight excluding hydrogens is 376 g/mol. The highest BCUT2D eigenvalue weighted by atomic mass is 32.2. The second-order valence-corrected chi connectivity index (χ2v) is 8.44. The number of carbonyl (C=O) groups excluding carboxylic acids is 1. The Morgan fingerprint density at radius 2 is 1.68 bits per heavy atom. The van der Waals surface area contributed by atoms with Crippen LogP contribution >= 0.6 is 0 Å². The molecule has 2 N–H and O–H groups in total. The number of anilines is 2. The lowest BCUT2D eigenvalue weighted by Gasteiger charge is -2.17. The summed E-state index contributed by atoms with van der Waals surface area (Å²) in [7, 11) is -3.72. The molecule has 1 aliphatic rings. The Balaban J connectivity index is 1.52. The van der Waals surface area contributed by atoms with Crippen LogP contribution in [0.15, 0.2) is 70.2 Å². The Bertz CT molecular complexity index is 1110. The molecule has 0 saturated heterocycles. The number of fused-ring (bicyclic) bond motifs is 1. The number of benzene rings is 2. The van der Waals surface area contributed by atoms with Gasteiger partial charge in [0.05, 0.1) is 16.8 Å². The number of hydrogen-bond acceptors (Lipinski definition) is 4. The summed E-state index contributed by atoms with van der Waals surface area (Å²) in [6, 6.07) is 15.0. The van der Waals surface area contributed by atoms with E-state index in [1.807, 2.05) is 6.07 Å². The second-order valence-electron chi connectivity index (χ2n) is 6.76. The lowest BCUT2D eigenvalue weighted by atomic mass is 9.92. The maximum atomic E-state index is 12.8. The largest absolute Gasteiger partial charge is 0.459 e. The first-order valence-corrected chi connectivity index (χ1v) is 10.6. The molecule has 0 bridgehead atoms. The molecule has 1 amide bonds. The molecule has 0 aliphatic heterocycles. The van der Waals surface area contributed by atoms with Crippen molar-refractivity contribution in [3.8, 4) is 0 Å². The minimum atomic E-state index is -3.72. The maximum Gasteiger partial charge on any atom is 0.291 e. The molecule has 0 unspecified atom stereocenters. The molecule has 2 aromatic carbocycles. The number of carbonyl (C=O) groups is 1. The fraction of sp³-hybridized carbons (Fsp3) is 0.190. The summed E-state index contributed by atoms with van der Waals surface area (Å²) in [5.41, 5.74) is 3.17. The number of hydrogen-bond donors (Lipinski definition) is 2. The molecule has 1 aliphatic carbocycles. The Morgan fingerprint density at radius 3 is 2.46 bits per heavy atom. The zero-order valence-electron chi connectivity index (χ0n) is 15.1. The van der Waals surface area contributed by atoms with Crippen LogP contribution in [0.1, 0.15) is 34.5 Å². The fourth-order valence-electron chi connectivity index (χ4n) is 3.35. The summed E-state index contributed by atoms with van der Waals surface area (Å²) in [5.74, 6) is -0.222. The summed E-state index contributed by atoms with van der Waals surface area (Å²) in [5, 5.41) is 2.68. The molecule has 0 fully saturated rings. The van der Waals surface area contributed by atoms with Crippen LogP contribution in [-0.4, -0.2) is 14.3 Å². The summed E-state index contributed by atoms with van der Waals surface area (Å²) in [6.07, 6.45) is 5.56. The molecule has 3 aromatic rings. The SMILES string of the molecule is O=C(Nc1cccc(NS(=O)(=O)c2ccc3c(c2)CCCC3)c1)c1ccco1. The van der Waals surface area contributed by atoms with Gasteiger partial charge in [-0.2, -0.15) is 0 Å². The van der Waals surface area contributed by atoms with E-state index in [1.165, 1.54) is 11.8 Å². The molecule has 6 nitrogen and oxygen atoms in total. The average Bonchev–Trinajstić information content (AvgIpc) is 3.22. The zero-order chi connectivity index (χ0) is 19.6. The zero-order valence-corrected chi connectivity index (χ0v) is 16.0. The van der Waals surface area contributed by atoms with Crippen LogP contribution in [0.5, 0.6) is 0 Å². The average molecular weight is 396 g/mol. The van der Waals surface area contributed by atoms with E-state index in [4.69, 9.17) is 4.42 Å². The first-order chi connectivity index (χ1) is 13.5. The van der Waals surface area contributed by atoms with E-state index in [0.29, 0.717) is 11.4 Å². The standard InChI is InChI=1S/C21H20N2O4S/c24-21(20-9-4-12-27-20)22-17-7-3-8-18(14-17)23-28(25,26)19-11-10-15-5-1-2-6-16(15)13-19/h3-4,7-14,23H,1-2,5-6H2,(H,22,24). The first kappa shape index (κ1) is 18.3. The van der Waals surface area contributed by atoms with Crippen LogP contribution < -0.4 is 10.0 Å². The van der Waals surface area contributed by atoms with E-state index in [-0.39, 0.29) is 10.7 Å². The van der Waals surface area contributed by atoms with Crippen molar-refractivity contribution in [1.29, 1.82) is 0 Å². The van der Waals surface area contributed by atoms with Crippen LogP contribution in [0.2, 0.25) is 0 Å². The molecule has 4 rings (SSSR count). The summed E-state index contributed by atoms with van der Waals surface area (Å²) < 4.78 is 33.2. The number of amides is 1. The van der Waals surface area contributed by atoms with Gasteiger partial charge in [-0.05, 0) is 79.3 Å². The van der Waals surface area contributed by atoms with Crippen molar-refractivity contribution in [3.63, 3.8) is 0 Å². The smallest absolute Gasteiger partial charge is 0.291 e. The van der Waals surface area contributed by atoms with Gasteiger partial charge in [0, 0.05) is 5.69 Å². The van der Waals surface area contributed by atoms with Crippen LogP contribution in [-0.2, 0) is 22.9 Å². The first-order valence-electron chi connectivity index (χ1n) is 9.11. The van der Waals surface area contributed by atoms with E-state index in [9.17, 15) is 13.2 Å². The van der Waals surface area contributed by atoms with Crippen LogP contribution in [0.25, 0.3) is 0 Å². The van der Waals surface area contributed by atoms with Crippen molar-refractivity contribution in [2.75, 3.05) is 10.0 Å². The third-order valence-electron chi connectivity index (χ3n) is 4.75. The Kier molecular flexibility index (Phi) is 4.92. The van der Waals surface area contributed by atoms with Gasteiger partial charge in [0.15, 0.2) is 5.76 Å². The van der Waals surface area contributed by atoms with Gasteiger partial charge in [-0.3, -0.25) is 9.52 Å². The van der Waals surface area contributed by atoms with Crippen molar-refractivity contribution >= 4 is 27.3 Å². The Morgan fingerprint density at radius 1 is 0.893 bits per heavy atom. The lowest BCUT2D eigenvalue weighted by molar-refractivity contribution is 0.0996. The van der Waals surface area contributed by atoms with Crippen LogP contribution in [0.3, 0.4) is 0 Å². The summed E-state index contributed by atoms with van der Waals surface area (Å²) >= 11 is 0. The van der Waals surface area contributed by atoms with Crippen LogP contribution in [0, 0.1) is 0 Å². The van der Waals surface area contributed by atoms with E-state index in [0.717, 1.165) is 31.2 Å². The van der Waals surface area contributed by atoms with Gasteiger partial charge in [0.1, 0.15) is 0 Å². The Labute approximate surface area is 163 Å². The molecule has 28 heavy (non-hydrogen) atoms. The van der Waals surface area contributed by atoms with Crippen molar-refractivity contribution in [2.24, 2.45) is 0 Å². The summed E-state index contributed by atoms with van der Waals surface area (Å²) in [4.78, 5) is 12.3. The number of nitrogens with one attached hydrogen (secondary N) is 2. The number of furan rings is 1. The highest BCUT2D eigenvalue weighted by Gasteiger charge is 2.18. The quantitative estimate of drug-likeness (QED) is 0.676. The predicted molar refractivity (Wildman–Crippen MR) is 107 cm³/mol. The third-order valence-corrected chi connectivity index (χ3v) is 6.13. The molecule has 7 heteroatoms. The van der Waals surface area contributed by atoms with Gasteiger partial charge in [-0.15, -0.1) is 0 Å². The van der Waals surface area contributed by atoms with E-state index < -0.39 is 15.9 Å². The van der Waals surface area contributed by atoms with Gasteiger partial charge < -0.3 is 9.73 Å². The lowest BCUT2D eigenvalue weighted by Crippen LogP contribution is -2.15. The predicted octanol–water partition coefficient (Wildman–Crippen LogP) is 4.21. The number of rotatable bonds is 5. The van der Waals surface area contributed by atoms with Crippen molar-refractivity contribution in [2.45, 2.75) is 30.6 Å². The van der Waals surface area contributed by atoms with E-state index in [1.54, 1.807) is 48.5 Å². The van der Waals surface area contributed by atoms with Crippen molar-refractivity contribution in [3.05, 3.63) is 77.7 Å². The van der Waals surface area contributed by atoms with Crippen molar-refractivity contribution < 1.29 is 17.6 Å². The van der Waals surface area contributed by atoms with Gasteiger partial charge in [-0.25, -0.2) is 8.42 Å². The molecule has 0 radical (unpaired) electrons. The van der Waals surface area contributed by atoms with Crippen molar-refractivity contribution in [1.82, 2.24) is 0 Å². The molecular formula is C21H20N2O4S. The number of aryl methyl sites for hydroxylation is 2. The molecule has 144 valence electrons. The van der Waals surface area contributed by atoms with E-state index >= 15 is 0 Å². The van der Waals surface area contributed by atoms with Gasteiger partial charge in [0.2, 0.25) is 0 Å². The summed E-state index contributed by atoms with van der Waals surface area (Å²) in [6.45, 7) is 0. The highest BCUT2D eigenvalue weighted by molar-refractivity contribution is 7.92. The van der Waals surface area contributed by atoms with Gasteiger partial charge >= 0.3 is 0 Å².